The van der Waals surface area contributed by atoms with Crippen LogP contribution in [-0.2, 0) is 12.3 Å². The second-order valence-corrected chi connectivity index (χ2v) is 9.89. The highest BCUT2D eigenvalue weighted by Gasteiger charge is 2.33. The molecule has 0 bridgehead atoms. The molecule has 0 radical (unpaired) electrons. The van der Waals surface area contributed by atoms with Gasteiger partial charge in [0.1, 0.15) is 10.7 Å². The first kappa shape index (κ1) is 22.0. The molecule has 2 atom stereocenters. The maximum atomic E-state index is 14.5. The van der Waals surface area contributed by atoms with Gasteiger partial charge in [-0.15, -0.1) is 10.2 Å². The standard InChI is InChI=1S/C23H25F2N7S/c1-12-4-5-14(10-26-12)28-22-27-11-17(23(3,24)25)20(30-22)16-7-8-18-15(16)6-9-19(29-18)21-32-31-13(2)33-21/h6-7,9,11-12,14,26H,4-5,8,10H2,1-3H3,(H,27,28,30)/t12-,14-/m0/s1. The first-order valence-corrected chi connectivity index (χ1v) is 11.9. The van der Waals surface area contributed by atoms with Crippen molar-refractivity contribution >= 4 is 22.9 Å². The number of hydrogen-bond acceptors (Lipinski definition) is 8. The lowest BCUT2D eigenvalue weighted by Gasteiger charge is -2.28. The molecule has 0 unspecified atom stereocenters. The van der Waals surface area contributed by atoms with Crippen molar-refractivity contribution in [2.45, 2.75) is 58.0 Å². The Bertz CT molecular complexity index is 1210. The highest BCUT2D eigenvalue weighted by Crippen LogP contribution is 2.39. The van der Waals surface area contributed by atoms with Gasteiger partial charge in [-0.1, -0.05) is 23.5 Å². The Hall–Kier alpha value is -2.85. The van der Waals surface area contributed by atoms with Crippen molar-refractivity contribution in [3.8, 4) is 10.7 Å². The summed E-state index contributed by atoms with van der Waals surface area (Å²) >= 11 is 1.47. The van der Waals surface area contributed by atoms with Gasteiger partial charge in [-0.25, -0.2) is 23.7 Å². The number of piperidine rings is 1. The van der Waals surface area contributed by atoms with E-state index in [2.05, 4.69) is 37.7 Å². The lowest BCUT2D eigenvalue weighted by molar-refractivity contribution is 0.0165. The lowest BCUT2D eigenvalue weighted by atomic mass is 9.99. The van der Waals surface area contributed by atoms with Gasteiger partial charge in [0.25, 0.3) is 5.92 Å². The Morgan fingerprint density at radius 1 is 1.18 bits per heavy atom. The van der Waals surface area contributed by atoms with E-state index >= 15 is 0 Å². The van der Waals surface area contributed by atoms with Crippen molar-refractivity contribution in [2.24, 2.45) is 0 Å². The van der Waals surface area contributed by atoms with Crippen molar-refractivity contribution < 1.29 is 8.78 Å². The molecule has 0 aromatic carbocycles. The molecule has 0 saturated carbocycles. The molecule has 4 heterocycles. The normalized spacial score (nSPS) is 20.5. The maximum absolute atomic E-state index is 14.5. The Kier molecular flexibility index (Phi) is 5.65. The van der Waals surface area contributed by atoms with Gasteiger partial charge < -0.3 is 10.6 Å². The third-order valence-corrected chi connectivity index (χ3v) is 6.88. The number of aromatic nitrogens is 5. The van der Waals surface area contributed by atoms with E-state index in [1.54, 1.807) is 0 Å². The van der Waals surface area contributed by atoms with Gasteiger partial charge in [0, 0.05) is 49.3 Å². The molecule has 2 aliphatic rings. The van der Waals surface area contributed by atoms with E-state index in [1.807, 2.05) is 25.1 Å². The first-order valence-electron chi connectivity index (χ1n) is 11.0. The number of alkyl halides is 2. The number of nitrogens with one attached hydrogen (secondary N) is 2. The van der Waals surface area contributed by atoms with Gasteiger partial charge >= 0.3 is 0 Å². The summed E-state index contributed by atoms with van der Waals surface area (Å²) in [6.07, 6.45) is 5.71. The molecule has 0 spiro atoms. The second-order valence-electron chi connectivity index (χ2n) is 8.71. The molecule has 3 aromatic heterocycles. The SMILES string of the molecule is Cc1nnc(-c2ccc3c(n2)CC=C3c2nc(N[C@H]3CC[C@H](C)NC3)ncc2C(C)(F)F)s1. The Balaban J connectivity index is 1.48. The van der Waals surface area contributed by atoms with Crippen LogP contribution in [0.3, 0.4) is 0 Å². The number of aryl methyl sites for hydroxylation is 1. The molecule has 1 fully saturated rings. The fourth-order valence-corrected chi connectivity index (χ4v) is 4.90. The summed E-state index contributed by atoms with van der Waals surface area (Å²) in [6.45, 7) is 5.71. The number of fused-ring (bicyclic) bond motifs is 1. The van der Waals surface area contributed by atoms with Crippen LogP contribution >= 0.6 is 11.3 Å². The van der Waals surface area contributed by atoms with Gasteiger partial charge in [0.15, 0.2) is 5.01 Å². The van der Waals surface area contributed by atoms with Gasteiger partial charge in [-0.3, -0.25) is 0 Å². The minimum absolute atomic E-state index is 0.159. The molecule has 7 nitrogen and oxygen atoms in total. The van der Waals surface area contributed by atoms with Crippen molar-refractivity contribution in [1.29, 1.82) is 0 Å². The molecule has 5 rings (SSSR count). The van der Waals surface area contributed by atoms with Crippen molar-refractivity contribution in [2.75, 3.05) is 11.9 Å². The predicted molar refractivity (Wildman–Crippen MR) is 124 cm³/mol. The maximum Gasteiger partial charge on any atom is 0.274 e. The summed E-state index contributed by atoms with van der Waals surface area (Å²) in [7, 11) is 0. The number of allylic oxidation sites excluding steroid dienone is 1. The average molecular weight is 470 g/mol. The van der Waals surface area contributed by atoms with E-state index in [0.29, 0.717) is 24.0 Å². The zero-order chi connectivity index (χ0) is 23.2. The quantitative estimate of drug-likeness (QED) is 0.574. The molecule has 1 aliphatic carbocycles. The minimum atomic E-state index is -3.07. The van der Waals surface area contributed by atoms with E-state index in [0.717, 1.165) is 53.3 Å². The fraction of sp³-hybridized carbons (Fsp3) is 0.435. The van der Waals surface area contributed by atoms with Crippen LogP contribution in [-0.4, -0.2) is 43.8 Å². The molecule has 0 amide bonds. The number of anilines is 1. The Morgan fingerprint density at radius 2 is 2.03 bits per heavy atom. The zero-order valence-electron chi connectivity index (χ0n) is 18.7. The second kappa shape index (κ2) is 8.49. The monoisotopic (exact) mass is 469 g/mol. The van der Waals surface area contributed by atoms with Crippen molar-refractivity contribution in [3.63, 3.8) is 0 Å². The van der Waals surface area contributed by atoms with E-state index < -0.39 is 5.92 Å². The van der Waals surface area contributed by atoms with Crippen LogP contribution in [0.25, 0.3) is 16.3 Å². The van der Waals surface area contributed by atoms with E-state index in [9.17, 15) is 8.78 Å². The van der Waals surface area contributed by atoms with Crippen LogP contribution in [0.5, 0.6) is 0 Å². The predicted octanol–water partition coefficient (Wildman–Crippen LogP) is 4.35. The van der Waals surface area contributed by atoms with Gasteiger partial charge in [0.05, 0.1) is 17.0 Å². The number of hydrogen-bond donors (Lipinski definition) is 2. The van der Waals surface area contributed by atoms with Crippen LogP contribution in [0.1, 0.15) is 54.2 Å². The molecular weight excluding hydrogens is 444 g/mol. The van der Waals surface area contributed by atoms with E-state index in [1.165, 1.54) is 17.5 Å². The van der Waals surface area contributed by atoms with Gasteiger partial charge in [-0.05, 0) is 32.8 Å². The molecule has 1 aliphatic heterocycles. The smallest absolute Gasteiger partial charge is 0.274 e. The summed E-state index contributed by atoms with van der Waals surface area (Å²) < 4.78 is 29.0. The molecule has 172 valence electrons. The van der Waals surface area contributed by atoms with Gasteiger partial charge in [-0.2, -0.15) is 0 Å². The van der Waals surface area contributed by atoms with Crippen LogP contribution in [0, 0.1) is 6.92 Å². The third-order valence-electron chi connectivity index (χ3n) is 6.02. The highest BCUT2D eigenvalue weighted by molar-refractivity contribution is 7.14. The lowest BCUT2D eigenvalue weighted by Crippen LogP contribution is -2.43. The Labute approximate surface area is 194 Å². The molecule has 1 saturated heterocycles. The zero-order valence-corrected chi connectivity index (χ0v) is 19.5. The summed E-state index contributed by atoms with van der Waals surface area (Å²) in [4.78, 5) is 13.5. The number of pyridine rings is 1. The van der Waals surface area contributed by atoms with E-state index in [4.69, 9.17) is 4.98 Å². The average Bonchev–Trinajstić information content (AvgIpc) is 3.40. The van der Waals surface area contributed by atoms with Crippen LogP contribution in [0.2, 0.25) is 0 Å². The molecule has 3 aromatic rings. The highest BCUT2D eigenvalue weighted by atomic mass is 32.1. The minimum Gasteiger partial charge on any atom is -0.350 e. The molecular formula is C23H25F2N7S. The summed E-state index contributed by atoms with van der Waals surface area (Å²) in [5.74, 6) is -2.71. The summed E-state index contributed by atoms with van der Waals surface area (Å²) in [5, 5.41) is 16.6. The number of rotatable bonds is 5. The molecule has 33 heavy (non-hydrogen) atoms. The largest absolute Gasteiger partial charge is 0.350 e. The third kappa shape index (κ3) is 4.49. The van der Waals surface area contributed by atoms with Crippen LogP contribution in [0.4, 0.5) is 14.7 Å². The van der Waals surface area contributed by atoms with Crippen LogP contribution in [0.15, 0.2) is 24.4 Å². The number of nitrogens with zero attached hydrogens (tertiary/aromatic N) is 5. The van der Waals surface area contributed by atoms with Crippen LogP contribution < -0.4 is 10.6 Å². The number of halogens is 2. The topological polar surface area (TPSA) is 88.5 Å². The first-order chi connectivity index (χ1) is 15.8. The van der Waals surface area contributed by atoms with E-state index in [-0.39, 0.29) is 17.3 Å². The van der Waals surface area contributed by atoms with Gasteiger partial charge in [0.2, 0.25) is 5.95 Å². The molecule has 2 N–H and O–H groups in total. The summed E-state index contributed by atoms with van der Waals surface area (Å²) in [6, 6.07) is 4.40. The van der Waals surface area contributed by atoms with Crippen molar-refractivity contribution in [3.05, 3.63) is 51.9 Å². The summed E-state index contributed by atoms with van der Waals surface area (Å²) in [5.41, 5.74) is 3.08. The fourth-order valence-electron chi connectivity index (χ4n) is 4.24. The van der Waals surface area contributed by atoms with Crippen molar-refractivity contribution in [1.82, 2.24) is 30.5 Å². The molecule has 10 heteroatoms. The Morgan fingerprint density at radius 3 is 2.73 bits per heavy atom.